The van der Waals surface area contributed by atoms with Gasteiger partial charge in [-0.25, -0.2) is 4.98 Å². The van der Waals surface area contributed by atoms with Crippen LogP contribution in [0.25, 0.3) is 11.6 Å². The third-order valence-corrected chi connectivity index (χ3v) is 4.06. The highest BCUT2D eigenvalue weighted by atomic mass is 32.1. The number of thiazole rings is 1. The lowest BCUT2D eigenvalue weighted by molar-refractivity contribution is 0.0951. The van der Waals surface area contributed by atoms with Gasteiger partial charge >= 0.3 is 0 Å². The van der Waals surface area contributed by atoms with E-state index in [-0.39, 0.29) is 5.91 Å². The molecule has 4 rings (SSSR count). The molecule has 2 fully saturated rings. The summed E-state index contributed by atoms with van der Waals surface area (Å²) < 4.78 is 5.19. The highest BCUT2D eigenvalue weighted by Crippen LogP contribution is 2.38. The summed E-state index contributed by atoms with van der Waals surface area (Å²) >= 11 is 1.30. The number of hydrogen-bond acceptors (Lipinski definition) is 6. The van der Waals surface area contributed by atoms with Gasteiger partial charge in [0.05, 0.1) is 0 Å². The van der Waals surface area contributed by atoms with Crippen LogP contribution in [0.2, 0.25) is 0 Å². The number of nitrogens with one attached hydrogen (secondary N) is 1. The van der Waals surface area contributed by atoms with Crippen LogP contribution < -0.4 is 5.32 Å². The van der Waals surface area contributed by atoms with E-state index in [1.54, 1.807) is 5.38 Å². The highest BCUT2D eigenvalue weighted by molar-refractivity contribution is 7.12. The van der Waals surface area contributed by atoms with Crippen LogP contribution in [0.3, 0.4) is 0 Å². The number of nitrogens with zero attached hydrogens (tertiary/aromatic N) is 3. The summed E-state index contributed by atoms with van der Waals surface area (Å²) in [5.74, 6) is 1.50. The minimum Gasteiger partial charge on any atom is -0.347 e. The molecule has 0 atom stereocenters. The van der Waals surface area contributed by atoms with Gasteiger partial charge in [-0.1, -0.05) is 5.16 Å². The first kappa shape index (κ1) is 11.1. The number of hydrogen-bond donors (Lipinski definition) is 1. The van der Waals surface area contributed by atoms with Crippen LogP contribution in [-0.4, -0.2) is 27.1 Å². The summed E-state index contributed by atoms with van der Waals surface area (Å²) in [5.41, 5.74) is 0.588. The molecule has 2 aliphatic carbocycles. The van der Waals surface area contributed by atoms with Crippen molar-refractivity contribution in [1.82, 2.24) is 20.4 Å². The minimum absolute atomic E-state index is 0.110. The van der Waals surface area contributed by atoms with Crippen LogP contribution in [0.4, 0.5) is 0 Å². The smallest absolute Gasteiger partial charge is 0.280 e. The largest absolute Gasteiger partial charge is 0.347 e. The maximum Gasteiger partial charge on any atom is 0.280 e. The highest BCUT2D eigenvalue weighted by Gasteiger charge is 2.30. The zero-order valence-corrected chi connectivity index (χ0v) is 10.9. The third-order valence-electron chi connectivity index (χ3n) is 3.21. The van der Waals surface area contributed by atoms with E-state index in [0.717, 1.165) is 31.5 Å². The maximum absolute atomic E-state index is 11.8. The average molecular weight is 276 g/mol. The number of carbonyl (C=O) groups excluding carboxylic acids is 1. The Kier molecular flexibility index (Phi) is 2.41. The van der Waals surface area contributed by atoms with Crippen LogP contribution in [0.15, 0.2) is 9.90 Å². The molecule has 0 aliphatic heterocycles. The van der Waals surface area contributed by atoms with E-state index in [1.807, 2.05) is 0 Å². The third kappa shape index (κ3) is 2.25. The Morgan fingerprint density at radius 2 is 2.16 bits per heavy atom. The van der Waals surface area contributed by atoms with Gasteiger partial charge in [0.25, 0.3) is 11.8 Å². The van der Waals surface area contributed by atoms with E-state index >= 15 is 0 Å². The molecule has 0 bridgehead atoms. The van der Waals surface area contributed by atoms with E-state index in [9.17, 15) is 4.79 Å². The first-order valence-electron chi connectivity index (χ1n) is 6.40. The van der Waals surface area contributed by atoms with Crippen LogP contribution >= 0.6 is 11.3 Å². The summed E-state index contributed by atoms with van der Waals surface area (Å²) in [7, 11) is 0. The molecule has 0 saturated heterocycles. The Morgan fingerprint density at radius 1 is 1.32 bits per heavy atom. The second-order valence-electron chi connectivity index (χ2n) is 5.02. The Morgan fingerprint density at radius 3 is 2.89 bits per heavy atom. The predicted molar refractivity (Wildman–Crippen MR) is 67.9 cm³/mol. The molecule has 1 N–H and O–H groups in total. The molecule has 2 heterocycles. The molecule has 0 aromatic carbocycles. The molecule has 0 unspecified atom stereocenters. The fourth-order valence-electron chi connectivity index (χ4n) is 1.80. The number of aromatic nitrogens is 3. The Balaban J connectivity index is 1.53. The molecule has 2 aliphatic rings. The fraction of sp³-hybridized carbons (Fsp3) is 0.500. The lowest BCUT2D eigenvalue weighted by atomic mass is 10.4. The van der Waals surface area contributed by atoms with Crippen molar-refractivity contribution in [2.45, 2.75) is 37.6 Å². The van der Waals surface area contributed by atoms with Gasteiger partial charge in [-0.15, -0.1) is 11.3 Å². The molecule has 1 amide bonds. The summed E-state index contributed by atoms with van der Waals surface area (Å²) in [6.07, 6.45) is 4.40. The molecule has 2 aromatic rings. The maximum atomic E-state index is 11.8. The zero-order chi connectivity index (χ0) is 12.8. The van der Waals surface area contributed by atoms with E-state index in [4.69, 9.17) is 4.52 Å². The number of amides is 1. The number of carbonyl (C=O) groups is 1. The molecule has 7 heteroatoms. The van der Waals surface area contributed by atoms with Gasteiger partial charge in [-0.3, -0.25) is 4.79 Å². The van der Waals surface area contributed by atoms with E-state index in [0.29, 0.717) is 28.6 Å². The molecule has 19 heavy (non-hydrogen) atoms. The molecule has 0 spiro atoms. The summed E-state index contributed by atoms with van der Waals surface area (Å²) in [4.78, 5) is 20.4. The first-order chi connectivity index (χ1) is 9.29. The van der Waals surface area contributed by atoms with E-state index < -0.39 is 0 Å². The van der Waals surface area contributed by atoms with Crippen molar-refractivity contribution in [2.75, 3.05) is 0 Å². The first-order valence-corrected chi connectivity index (χ1v) is 7.28. The van der Waals surface area contributed by atoms with E-state index in [1.165, 1.54) is 11.3 Å². The summed E-state index contributed by atoms with van der Waals surface area (Å²) in [5, 5.41) is 9.09. The second-order valence-corrected chi connectivity index (χ2v) is 5.88. The average Bonchev–Trinajstić information content (AvgIpc) is 3.32. The molecular formula is C12H12N4O2S. The molecule has 0 radical (unpaired) electrons. The van der Waals surface area contributed by atoms with Gasteiger partial charge in [-0.05, 0) is 25.7 Å². The van der Waals surface area contributed by atoms with Crippen LogP contribution in [0.1, 0.15) is 47.2 Å². The lowest BCUT2D eigenvalue weighted by Crippen LogP contribution is -2.25. The zero-order valence-electron chi connectivity index (χ0n) is 10.1. The van der Waals surface area contributed by atoms with Crippen molar-refractivity contribution in [2.24, 2.45) is 0 Å². The van der Waals surface area contributed by atoms with Gasteiger partial charge in [-0.2, -0.15) is 4.98 Å². The van der Waals surface area contributed by atoms with Crippen molar-refractivity contribution >= 4 is 17.2 Å². The van der Waals surface area contributed by atoms with Crippen LogP contribution in [0.5, 0.6) is 0 Å². The van der Waals surface area contributed by atoms with Gasteiger partial charge in [0.2, 0.25) is 0 Å². The monoisotopic (exact) mass is 276 g/mol. The van der Waals surface area contributed by atoms with E-state index in [2.05, 4.69) is 20.4 Å². The summed E-state index contributed by atoms with van der Waals surface area (Å²) in [6.45, 7) is 0. The number of rotatable bonds is 4. The molecule has 6 nitrogen and oxygen atoms in total. The minimum atomic E-state index is -0.110. The molecular weight excluding hydrogens is 264 g/mol. The second kappa shape index (κ2) is 4.12. The Hall–Kier alpha value is -1.76. The Bertz CT molecular complexity index is 627. The van der Waals surface area contributed by atoms with Gasteiger partial charge in [0, 0.05) is 17.3 Å². The topological polar surface area (TPSA) is 80.9 Å². The standard InChI is InChI=1S/C12H12N4O2S/c17-10(13-7-3-4-7)12-14-8(5-19-12)11-15-9(16-18-11)6-1-2-6/h5-7H,1-4H2,(H,13,17). The van der Waals surface area contributed by atoms with Crippen LogP contribution in [0, 0.1) is 0 Å². The van der Waals surface area contributed by atoms with Crippen molar-refractivity contribution in [3.8, 4) is 11.6 Å². The molecule has 2 aromatic heterocycles. The van der Waals surface area contributed by atoms with Gasteiger partial charge in [0.15, 0.2) is 10.8 Å². The Labute approximate surface area is 113 Å². The van der Waals surface area contributed by atoms with Gasteiger partial charge in [0.1, 0.15) is 5.69 Å². The molecule has 98 valence electrons. The predicted octanol–water partition coefficient (Wildman–Crippen LogP) is 1.96. The van der Waals surface area contributed by atoms with Gasteiger partial charge < -0.3 is 9.84 Å². The normalized spacial score (nSPS) is 18.5. The van der Waals surface area contributed by atoms with Crippen molar-refractivity contribution < 1.29 is 9.32 Å². The molecule has 2 saturated carbocycles. The SMILES string of the molecule is O=C(NC1CC1)c1nc(-c2nc(C3CC3)no2)cs1. The van der Waals surface area contributed by atoms with Crippen molar-refractivity contribution in [1.29, 1.82) is 0 Å². The van der Waals surface area contributed by atoms with Crippen molar-refractivity contribution in [3.05, 3.63) is 16.2 Å². The van der Waals surface area contributed by atoms with Crippen LogP contribution in [-0.2, 0) is 0 Å². The van der Waals surface area contributed by atoms with Crippen molar-refractivity contribution in [3.63, 3.8) is 0 Å². The quantitative estimate of drug-likeness (QED) is 0.923. The summed E-state index contributed by atoms with van der Waals surface area (Å²) in [6, 6.07) is 0.338. The lowest BCUT2D eigenvalue weighted by Gasteiger charge is -1.97. The fourth-order valence-corrected chi connectivity index (χ4v) is 2.49.